The first-order valence-electron chi connectivity index (χ1n) is 10.6. The Morgan fingerprint density at radius 3 is 2.45 bits per heavy atom. The molecule has 3 aromatic carbocycles. The number of benzene rings is 3. The lowest BCUT2D eigenvalue weighted by Gasteiger charge is -2.35. The molecule has 1 aliphatic rings. The van der Waals surface area contributed by atoms with Crippen LogP contribution in [0.15, 0.2) is 85.1 Å². The van der Waals surface area contributed by atoms with Gasteiger partial charge in [-0.3, -0.25) is 0 Å². The number of fused-ring (bicyclic) bond motifs is 1. The lowest BCUT2D eigenvalue weighted by Crippen LogP contribution is -2.43. The van der Waals surface area contributed by atoms with Crippen LogP contribution in [0.25, 0.3) is 10.9 Å². The van der Waals surface area contributed by atoms with Gasteiger partial charge in [-0.2, -0.15) is 0 Å². The first-order valence-corrected chi connectivity index (χ1v) is 10.6. The summed E-state index contributed by atoms with van der Waals surface area (Å²) in [7, 11) is 0. The van der Waals surface area contributed by atoms with Crippen molar-refractivity contribution in [2.24, 2.45) is 0 Å². The summed E-state index contributed by atoms with van der Waals surface area (Å²) < 4.78 is 11.3. The molecule has 5 rings (SSSR count). The summed E-state index contributed by atoms with van der Waals surface area (Å²) in [6.07, 6.45) is 3.52. The molecule has 1 aromatic heterocycles. The van der Waals surface area contributed by atoms with Crippen molar-refractivity contribution in [1.82, 2.24) is 10.3 Å². The number of carbonyl (C=O) groups is 1. The monoisotopic (exact) mass is 412 g/mol. The van der Waals surface area contributed by atoms with Crippen LogP contribution in [0.4, 0.5) is 4.79 Å². The molecule has 31 heavy (non-hydrogen) atoms. The van der Waals surface area contributed by atoms with E-state index in [4.69, 9.17) is 9.47 Å². The van der Waals surface area contributed by atoms with Crippen LogP contribution in [0, 0.1) is 0 Å². The van der Waals surface area contributed by atoms with Crippen molar-refractivity contribution < 1.29 is 14.3 Å². The molecule has 4 aromatic rings. The van der Waals surface area contributed by atoms with E-state index in [-0.39, 0.29) is 18.7 Å². The van der Waals surface area contributed by atoms with Gasteiger partial charge in [0, 0.05) is 23.1 Å². The number of aromatic nitrogens is 1. The van der Waals surface area contributed by atoms with E-state index in [1.54, 1.807) is 0 Å². The third kappa shape index (κ3) is 4.40. The predicted molar refractivity (Wildman–Crippen MR) is 120 cm³/mol. The Balaban J connectivity index is 1.18. The van der Waals surface area contributed by atoms with Crippen molar-refractivity contribution in [3.05, 3.63) is 96.2 Å². The highest BCUT2D eigenvalue weighted by Crippen LogP contribution is 2.41. The van der Waals surface area contributed by atoms with E-state index in [1.165, 1.54) is 10.9 Å². The zero-order chi connectivity index (χ0) is 21.0. The summed E-state index contributed by atoms with van der Waals surface area (Å²) >= 11 is 0. The maximum absolute atomic E-state index is 12.1. The van der Waals surface area contributed by atoms with Gasteiger partial charge in [0.05, 0.1) is 0 Å². The molecule has 1 aliphatic carbocycles. The molecule has 0 aliphatic heterocycles. The van der Waals surface area contributed by atoms with Crippen molar-refractivity contribution >= 4 is 17.0 Å². The fourth-order valence-corrected chi connectivity index (χ4v) is 4.07. The maximum Gasteiger partial charge on any atom is 0.407 e. The first-order chi connectivity index (χ1) is 15.2. The molecule has 0 radical (unpaired) electrons. The second-order valence-corrected chi connectivity index (χ2v) is 7.94. The quantitative estimate of drug-likeness (QED) is 0.400. The van der Waals surface area contributed by atoms with Gasteiger partial charge in [0.15, 0.2) is 0 Å². The molecule has 0 atom stereocenters. The average Bonchev–Trinajstić information content (AvgIpc) is 3.19. The molecular weight excluding hydrogens is 388 g/mol. The Kier molecular flexibility index (Phi) is 5.31. The topological polar surface area (TPSA) is 63.4 Å². The van der Waals surface area contributed by atoms with Gasteiger partial charge in [-0.1, -0.05) is 48.5 Å². The van der Waals surface area contributed by atoms with Gasteiger partial charge in [0.2, 0.25) is 0 Å². The SMILES string of the molecule is O=C(NC1CC(c2c[nH]c3ccc(Oc4ccccc4)cc23)C1)OCc1ccccc1. The lowest BCUT2D eigenvalue weighted by atomic mass is 9.76. The third-order valence-electron chi connectivity index (χ3n) is 5.78. The van der Waals surface area contributed by atoms with E-state index in [0.717, 1.165) is 35.4 Å². The van der Waals surface area contributed by atoms with Crippen LogP contribution in [0.5, 0.6) is 11.5 Å². The molecule has 5 heteroatoms. The molecule has 0 saturated heterocycles. The molecular formula is C26H24N2O3. The zero-order valence-corrected chi connectivity index (χ0v) is 17.1. The number of H-pyrrole nitrogens is 1. The number of hydrogen-bond donors (Lipinski definition) is 2. The number of nitrogens with one attached hydrogen (secondary N) is 2. The number of amides is 1. The Bertz CT molecular complexity index is 1170. The maximum atomic E-state index is 12.1. The van der Waals surface area contributed by atoms with Gasteiger partial charge >= 0.3 is 6.09 Å². The number of rotatable bonds is 6. The highest BCUT2D eigenvalue weighted by molar-refractivity contribution is 5.85. The Hall–Kier alpha value is -3.73. The fraction of sp³-hybridized carbons (Fsp3) is 0.192. The standard InChI is InChI=1S/C26H24N2O3/c29-26(30-17-18-7-3-1-4-8-18)28-20-13-19(14-20)24-16-27-25-12-11-22(15-23(24)25)31-21-9-5-2-6-10-21/h1-12,15-16,19-20,27H,13-14,17H2,(H,28,29). The molecule has 1 amide bonds. The molecule has 1 saturated carbocycles. The van der Waals surface area contributed by atoms with Crippen molar-refractivity contribution in [3.8, 4) is 11.5 Å². The van der Waals surface area contributed by atoms with E-state index in [9.17, 15) is 4.79 Å². The number of carbonyl (C=O) groups excluding carboxylic acids is 1. The van der Waals surface area contributed by atoms with Crippen LogP contribution in [-0.4, -0.2) is 17.1 Å². The van der Waals surface area contributed by atoms with Crippen LogP contribution in [0.3, 0.4) is 0 Å². The van der Waals surface area contributed by atoms with E-state index in [0.29, 0.717) is 5.92 Å². The number of alkyl carbamates (subject to hydrolysis) is 1. The second-order valence-electron chi connectivity index (χ2n) is 7.94. The third-order valence-corrected chi connectivity index (χ3v) is 5.78. The van der Waals surface area contributed by atoms with Crippen molar-refractivity contribution in [2.75, 3.05) is 0 Å². The van der Waals surface area contributed by atoms with Gasteiger partial charge in [-0.05, 0) is 60.2 Å². The van der Waals surface area contributed by atoms with Gasteiger partial charge in [0.1, 0.15) is 18.1 Å². The average molecular weight is 412 g/mol. The van der Waals surface area contributed by atoms with Crippen molar-refractivity contribution in [3.63, 3.8) is 0 Å². The summed E-state index contributed by atoms with van der Waals surface area (Å²) in [5.41, 5.74) is 3.34. The van der Waals surface area contributed by atoms with Crippen LogP contribution < -0.4 is 10.1 Å². The van der Waals surface area contributed by atoms with Gasteiger partial charge in [0.25, 0.3) is 0 Å². The molecule has 156 valence electrons. The van der Waals surface area contributed by atoms with Crippen LogP contribution >= 0.6 is 0 Å². The van der Waals surface area contributed by atoms with E-state index >= 15 is 0 Å². The summed E-state index contributed by atoms with van der Waals surface area (Å²) in [4.78, 5) is 15.4. The second kappa shape index (κ2) is 8.56. The zero-order valence-electron chi connectivity index (χ0n) is 17.1. The normalized spacial score (nSPS) is 17.7. The number of para-hydroxylation sites is 1. The molecule has 5 nitrogen and oxygen atoms in total. The summed E-state index contributed by atoms with van der Waals surface area (Å²) in [6, 6.07) is 25.7. The van der Waals surface area contributed by atoms with E-state index < -0.39 is 0 Å². The minimum atomic E-state index is -0.357. The summed E-state index contributed by atoms with van der Waals surface area (Å²) in [5.74, 6) is 2.04. The lowest BCUT2D eigenvalue weighted by molar-refractivity contribution is 0.128. The molecule has 1 heterocycles. The Morgan fingerprint density at radius 1 is 0.935 bits per heavy atom. The van der Waals surface area contributed by atoms with E-state index in [2.05, 4.69) is 22.6 Å². The first kappa shape index (κ1) is 19.2. The molecule has 0 spiro atoms. The van der Waals surface area contributed by atoms with Gasteiger partial charge < -0.3 is 19.8 Å². The van der Waals surface area contributed by atoms with Gasteiger partial charge in [-0.25, -0.2) is 4.79 Å². The number of aromatic amines is 1. The molecule has 0 unspecified atom stereocenters. The smallest absolute Gasteiger partial charge is 0.407 e. The van der Waals surface area contributed by atoms with Crippen LogP contribution in [-0.2, 0) is 11.3 Å². The highest BCUT2D eigenvalue weighted by Gasteiger charge is 2.33. The predicted octanol–water partition coefficient (Wildman–Crippen LogP) is 6.13. The van der Waals surface area contributed by atoms with Crippen LogP contribution in [0.2, 0.25) is 0 Å². The largest absolute Gasteiger partial charge is 0.457 e. The van der Waals surface area contributed by atoms with Crippen molar-refractivity contribution in [1.29, 1.82) is 0 Å². The fourth-order valence-electron chi connectivity index (χ4n) is 4.07. The van der Waals surface area contributed by atoms with Gasteiger partial charge in [-0.15, -0.1) is 0 Å². The Morgan fingerprint density at radius 2 is 1.68 bits per heavy atom. The highest BCUT2D eigenvalue weighted by atomic mass is 16.5. The van der Waals surface area contributed by atoms with E-state index in [1.807, 2.05) is 72.8 Å². The molecule has 1 fully saturated rings. The molecule has 2 N–H and O–H groups in total. The molecule has 0 bridgehead atoms. The van der Waals surface area contributed by atoms with Crippen LogP contribution in [0.1, 0.15) is 29.9 Å². The minimum absolute atomic E-state index is 0.141. The summed E-state index contributed by atoms with van der Waals surface area (Å²) in [5, 5.41) is 4.14. The minimum Gasteiger partial charge on any atom is -0.457 e. The van der Waals surface area contributed by atoms with Crippen molar-refractivity contribution in [2.45, 2.75) is 31.4 Å². The Labute approximate surface area is 181 Å². The number of hydrogen-bond acceptors (Lipinski definition) is 3. The number of ether oxygens (including phenoxy) is 2. The summed E-state index contributed by atoms with van der Waals surface area (Å²) in [6.45, 7) is 0.287.